The van der Waals surface area contributed by atoms with Crippen molar-refractivity contribution in [1.29, 1.82) is 0 Å². The molecule has 90 valence electrons. The highest BCUT2D eigenvalue weighted by Crippen LogP contribution is 2.36. The van der Waals surface area contributed by atoms with E-state index >= 15 is 0 Å². The normalized spacial score (nSPS) is 30.2. The van der Waals surface area contributed by atoms with Gasteiger partial charge in [-0.2, -0.15) is 0 Å². The van der Waals surface area contributed by atoms with Gasteiger partial charge >= 0.3 is 5.97 Å². The average molecular weight is 243 g/mol. The van der Waals surface area contributed by atoms with E-state index in [1.165, 1.54) is 0 Å². The monoisotopic (exact) mass is 243 g/mol. The van der Waals surface area contributed by atoms with Crippen molar-refractivity contribution >= 4 is 23.6 Å². The van der Waals surface area contributed by atoms with Crippen molar-refractivity contribution in [2.24, 2.45) is 5.92 Å². The molecule has 1 heterocycles. The first-order valence-electron chi connectivity index (χ1n) is 5.81. The smallest absolute Gasteiger partial charge is 0.327 e. The van der Waals surface area contributed by atoms with Gasteiger partial charge in [0.2, 0.25) is 5.91 Å². The third-order valence-electron chi connectivity index (χ3n) is 3.44. The van der Waals surface area contributed by atoms with Crippen molar-refractivity contribution in [3.63, 3.8) is 0 Å². The molecule has 0 aromatic rings. The highest BCUT2D eigenvalue weighted by Gasteiger charge is 2.43. The Morgan fingerprint density at radius 2 is 2.12 bits per heavy atom. The van der Waals surface area contributed by atoms with Crippen LogP contribution in [0.25, 0.3) is 0 Å². The molecule has 0 aromatic heterocycles. The predicted molar refractivity (Wildman–Crippen MR) is 62.1 cm³/mol. The summed E-state index contributed by atoms with van der Waals surface area (Å²) >= 11 is 1.59. The summed E-state index contributed by atoms with van der Waals surface area (Å²) in [7, 11) is 0. The number of hydrogen-bond acceptors (Lipinski definition) is 3. The molecule has 0 aromatic carbocycles. The van der Waals surface area contributed by atoms with Crippen LogP contribution in [-0.2, 0) is 9.59 Å². The van der Waals surface area contributed by atoms with Crippen LogP contribution in [0, 0.1) is 5.92 Å². The maximum absolute atomic E-state index is 12.2. The highest BCUT2D eigenvalue weighted by molar-refractivity contribution is 8.00. The summed E-state index contributed by atoms with van der Waals surface area (Å²) in [5.74, 6) is -0.173. The van der Waals surface area contributed by atoms with Crippen molar-refractivity contribution in [3.05, 3.63) is 0 Å². The van der Waals surface area contributed by atoms with Gasteiger partial charge in [-0.1, -0.05) is 13.3 Å². The van der Waals surface area contributed by atoms with Gasteiger partial charge in [-0.25, -0.2) is 4.79 Å². The molecule has 2 rings (SSSR count). The first-order valence-corrected chi connectivity index (χ1v) is 6.86. The first-order chi connectivity index (χ1) is 7.65. The first kappa shape index (κ1) is 11.8. The van der Waals surface area contributed by atoms with Gasteiger partial charge in [0.1, 0.15) is 6.04 Å². The van der Waals surface area contributed by atoms with Crippen LogP contribution in [0.5, 0.6) is 0 Å². The van der Waals surface area contributed by atoms with Gasteiger partial charge in [-0.05, 0) is 19.3 Å². The minimum absolute atomic E-state index is 0.0641. The lowest BCUT2D eigenvalue weighted by molar-refractivity contribution is -0.152. The SMILES string of the molecule is CCC1SCC(C(=O)O)N1C(=O)C1CCC1. The van der Waals surface area contributed by atoms with Gasteiger partial charge in [-0.3, -0.25) is 4.79 Å². The zero-order valence-corrected chi connectivity index (χ0v) is 10.2. The molecule has 1 N–H and O–H groups in total. The number of hydrogen-bond donors (Lipinski definition) is 1. The number of nitrogens with zero attached hydrogens (tertiary/aromatic N) is 1. The van der Waals surface area contributed by atoms with E-state index in [0.29, 0.717) is 5.75 Å². The van der Waals surface area contributed by atoms with E-state index in [2.05, 4.69) is 0 Å². The molecule has 1 aliphatic heterocycles. The maximum atomic E-state index is 12.2. The summed E-state index contributed by atoms with van der Waals surface area (Å²) < 4.78 is 0. The molecule has 1 aliphatic carbocycles. The van der Waals surface area contributed by atoms with Crippen LogP contribution in [0.3, 0.4) is 0 Å². The quantitative estimate of drug-likeness (QED) is 0.817. The minimum Gasteiger partial charge on any atom is -0.480 e. The Bertz CT molecular complexity index is 304. The average Bonchev–Trinajstić information content (AvgIpc) is 2.57. The van der Waals surface area contributed by atoms with Gasteiger partial charge in [0.05, 0.1) is 5.37 Å². The second-order valence-electron chi connectivity index (χ2n) is 4.42. The molecule has 1 saturated heterocycles. The molecule has 16 heavy (non-hydrogen) atoms. The van der Waals surface area contributed by atoms with Gasteiger partial charge in [0, 0.05) is 11.7 Å². The van der Waals surface area contributed by atoms with Crippen molar-refractivity contribution in [2.75, 3.05) is 5.75 Å². The Labute approximate surface area is 99.4 Å². The number of carboxylic acids is 1. The van der Waals surface area contributed by atoms with Crippen molar-refractivity contribution in [3.8, 4) is 0 Å². The third-order valence-corrected chi connectivity index (χ3v) is 4.89. The Kier molecular flexibility index (Phi) is 3.42. The Hall–Kier alpha value is -0.710. The van der Waals surface area contributed by atoms with Crippen LogP contribution in [0.4, 0.5) is 0 Å². The zero-order valence-electron chi connectivity index (χ0n) is 9.39. The van der Waals surface area contributed by atoms with Crippen LogP contribution in [-0.4, -0.2) is 39.1 Å². The second-order valence-corrected chi connectivity index (χ2v) is 5.63. The molecular formula is C11H17NO3S. The van der Waals surface area contributed by atoms with E-state index in [0.717, 1.165) is 25.7 Å². The molecule has 1 saturated carbocycles. The van der Waals surface area contributed by atoms with Crippen molar-refractivity contribution in [1.82, 2.24) is 4.90 Å². The van der Waals surface area contributed by atoms with E-state index in [4.69, 9.17) is 5.11 Å². The molecule has 0 radical (unpaired) electrons. The summed E-state index contributed by atoms with van der Waals surface area (Å²) in [6.45, 7) is 2.00. The zero-order chi connectivity index (χ0) is 11.7. The third kappa shape index (κ3) is 1.93. The van der Waals surface area contributed by atoms with Crippen LogP contribution in [0.1, 0.15) is 32.6 Å². The van der Waals surface area contributed by atoms with Gasteiger partial charge in [0.15, 0.2) is 0 Å². The van der Waals surface area contributed by atoms with Gasteiger partial charge in [-0.15, -0.1) is 11.8 Å². The van der Waals surface area contributed by atoms with Crippen molar-refractivity contribution in [2.45, 2.75) is 44.0 Å². The van der Waals surface area contributed by atoms with E-state index in [-0.39, 0.29) is 17.2 Å². The predicted octanol–water partition coefficient (Wildman–Crippen LogP) is 1.55. The summed E-state index contributed by atoms with van der Waals surface area (Å²) in [4.78, 5) is 24.9. The summed E-state index contributed by atoms with van der Waals surface area (Å²) in [6.07, 6.45) is 3.80. The van der Waals surface area contributed by atoms with Crippen molar-refractivity contribution < 1.29 is 14.7 Å². The fourth-order valence-electron chi connectivity index (χ4n) is 2.23. The Balaban J connectivity index is 2.11. The number of carbonyl (C=O) groups is 2. The molecule has 5 heteroatoms. The molecule has 0 bridgehead atoms. The Morgan fingerprint density at radius 3 is 2.56 bits per heavy atom. The fourth-order valence-corrected chi connectivity index (χ4v) is 3.58. The number of aliphatic carboxylic acids is 1. The minimum atomic E-state index is -0.865. The Morgan fingerprint density at radius 1 is 1.44 bits per heavy atom. The topological polar surface area (TPSA) is 57.6 Å². The number of carbonyl (C=O) groups excluding carboxylic acids is 1. The fraction of sp³-hybridized carbons (Fsp3) is 0.818. The molecule has 2 atom stereocenters. The standard InChI is InChI=1S/C11H17NO3S/c1-2-9-12(8(6-16-9)11(14)15)10(13)7-4-3-5-7/h7-9H,2-6H2,1H3,(H,14,15). The van der Waals surface area contributed by atoms with Crippen LogP contribution in [0.15, 0.2) is 0 Å². The lowest BCUT2D eigenvalue weighted by Gasteiger charge is -2.34. The van der Waals surface area contributed by atoms with Crippen LogP contribution in [0.2, 0.25) is 0 Å². The number of rotatable bonds is 3. The summed E-state index contributed by atoms with van der Waals surface area (Å²) in [5.41, 5.74) is 0. The van der Waals surface area contributed by atoms with Crippen LogP contribution < -0.4 is 0 Å². The van der Waals surface area contributed by atoms with Gasteiger partial charge < -0.3 is 10.0 Å². The molecule has 2 aliphatic rings. The van der Waals surface area contributed by atoms with E-state index in [1.807, 2.05) is 6.92 Å². The number of thioether (sulfide) groups is 1. The highest BCUT2D eigenvalue weighted by atomic mass is 32.2. The lowest BCUT2D eigenvalue weighted by atomic mass is 9.84. The largest absolute Gasteiger partial charge is 0.480 e. The van der Waals surface area contributed by atoms with E-state index < -0.39 is 12.0 Å². The molecule has 2 unspecified atom stereocenters. The number of carboxylic acid groups (broad SMARTS) is 1. The molecular weight excluding hydrogens is 226 g/mol. The molecule has 2 fully saturated rings. The van der Waals surface area contributed by atoms with Crippen LogP contribution >= 0.6 is 11.8 Å². The number of amides is 1. The molecule has 4 nitrogen and oxygen atoms in total. The second kappa shape index (κ2) is 4.65. The molecule has 1 amide bonds. The van der Waals surface area contributed by atoms with E-state index in [9.17, 15) is 9.59 Å². The van der Waals surface area contributed by atoms with Gasteiger partial charge in [0.25, 0.3) is 0 Å². The summed E-state index contributed by atoms with van der Waals surface area (Å²) in [5, 5.41) is 9.18. The maximum Gasteiger partial charge on any atom is 0.327 e. The molecule has 0 spiro atoms. The van der Waals surface area contributed by atoms with E-state index in [1.54, 1.807) is 16.7 Å². The lowest BCUT2D eigenvalue weighted by Crippen LogP contribution is -2.49. The summed E-state index contributed by atoms with van der Waals surface area (Å²) in [6, 6.07) is -0.608.